The van der Waals surface area contributed by atoms with E-state index >= 15 is 0 Å². The van der Waals surface area contributed by atoms with Crippen LogP contribution >= 0.6 is 0 Å². The van der Waals surface area contributed by atoms with Crippen LogP contribution in [0.25, 0.3) is 5.69 Å². The van der Waals surface area contributed by atoms with Crippen molar-refractivity contribution in [3.63, 3.8) is 0 Å². The first kappa shape index (κ1) is 15.8. The summed E-state index contributed by atoms with van der Waals surface area (Å²) in [5.41, 5.74) is 3.28. The minimum absolute atomic E-state index is 0.224. The summed E-state index contributed by atoms with van der Waals surface area (Å²) in [6, 6.07) is 14.9. The number of carbonyl (C=O) groups excluding carboxylic acids is 1. The fraction of sp³-hybridized carbons (Fsp3) is 0.176. The molecular weight excluding hydrogens is 306 g/mol. The monoisotopic (exact) mass is 323 g/mol. The van der Waals surface area contributed by atoms with Gasteiger partial charge in [0.2, 0.25) is 0 Å². The highest BCUT2D eigenvalue weighted by molar-refractivity contribution is 5.95. The molecule has 7 heteroatoms. The zero-order valence-corrected chi connectivity index (χ0v) is 13.4. The maximum atomic E-state index is 12.5. The van der Waals surface area contributed by atoms with Gasteiger partial charge in [0, 0.05) is 12.8 Å². The number of aryl methyl sites for hydroxylation is 1. The molecule has 1 atom stereocenters. The lowest BCUT2D eigenvalue weighted by Crippen LogP contribution is -2.22. The van der Waals surface area contributed by atoms with Crippen molar-refractivity contribution in [1.29, 1.82) is 0 Å². The van der Waals surface area contributed by atoms with E-state index in [4.69, 9.17) is 4.74 Å². The molecule has 0 aliphatic heterocycles. The number of ether oxygens (including phenoxy) is 1. The van der Waals surface area contributed by atoms with Gasteiger partial charge in [-0.3, -0.25) is 4.79 Å². The number of anilines is 1. The second-order valence-corrected chi connectivity index (χ2v) is 5.27. The Balaban J connectivity index is 1.78. The Labute approximate surface area is 139 Å². The van der Waals surface area contributed by atoms with Gasteiger partial charge in [0.25, 0.3) is 5.91 Å². The molecule has 1 N–H and O–H groups in total. The van der Waals surface area contributed by atoms with Crippen molar-refractivity contribution < 1.29 is 9.53 Å². The number of methoxy groups -OCH3 is 1. The van der Waals surface area contributed by atoms with Gasteiger partial charge in [-0.1, -0.05) is 30.3 Å². The fourth-order valence-corrected chi connectivity index (χ4v) is 2.49. The molecule has 2 aromatic carbocycles. The molecule has 7 nitrogen and oxygen atoms in total. The van der Waals surface area contributed by atoms with E-state index in [1.165, 1.54) is 13.4 Å². The number of amides is 1. The molecule has 0 saturated heterocycles. The zero-order chi connectivity index (χ0) is 16.9. The number of carbonyl (C=O) groups is 1. The van der Waals surface area contributed by atoms with Gasteiger partial charge in [0.1, 0.15) is 6.33 Å². The highest BCUT2D eigenvalue weighted by atomic mass is 16.5. The second kappa shape index (κ2) is 7.01. The number of benzene rings is 2. The summed E-state index contributed by atoms with van der Waals surface area (Å²) in [5, 5.41) is 14.0. The summed E-state index contributed by atoms with van der Waals surface area (Å²) >= 11 is 0. The molecule has 0 fully saturated rings. The predicted molar refractivity (Wildman–Crippen MR) is 88.7 cm³/mol. The number of nitrogens with one attached hydrogen (secondary N) is 1. The van der Waals surface area contributed by atoms with Crippen molar-refractivity contribution in [3.05, 3.63) is 66.0 Å². The van der Waals surface area contributed by atoms with Crippen LogP contribution in [0.4, 0.5) is 5.69 Å². The maximum absolute atomic E-state index is 12.5. The average molecular weight is 323 g/mol. The van der Waals surface area contributed by atoms with Gasteiger partial charge >= 0.3 is 0 Å². The van der Waals surface area contributed by atoms with Crippen LogP contribution in [0.1, 0.15) is 17.2 Å². The van der Waals surface area contributed by atoms with Crippen molar-refractivity contribution in [2.24, 2.45) is 0 Å². The van der Waals surface area contributed by atoms with Gasteiger partial charge in [-0.2, -0.15) is 0 Å². The zero-order valence-electron chi connectivity index (χ0n) is 13.4. The molecule has 1 amide bonds. The van der Waals surface area contributed by atoms with Crippen molar-refractivity contribution >= 4 is 11.6 Å². The molecule has 24 heavy (non-hydrogen) atoms. The summed E-state index contributed by atoms with van der Waals surface area (Å²) in [6.45, 7) is 1.93. The Morgan fingerprint density at radius 3 is 2.62 bits per heavy atom. The summed E-state index contributed by atoms with van der Waals surface area (Å²) < 4.78 is 6.91. The van der Waals surface area contributed by atoms with Crippen molar-refractivity contribution in [3.8, 4) is 5.69 Å². The van der Waals surface area contributed by atoms with Gasteiger partial charge < -0.3 is 10.1 Å². The molecule has 122 valence electrons. The molecule has 1 aromatic heterocycles. The first-order valence-corrected chi connectivity index (χ1v) is 7.41. The van der Waals surface area contributed by atoms with Crippen LogP contribution in [0.3, 0.4) is 0 Å². The van der Waals surface area contributed by atoms with Crippen LogP contribution in [0.15, 0.2) is 54.9 Å². The molecule has 3 aromatic rings. The van der Waals surface area contributed by atoms with Gasteiger partial charge in [-0.15, -0.1) is 5.10 Å². The summed E-state index contributed by atoms with van der Waals surface area (Å²) in [4.78, 5) is 12.5. The molecule has 0 saturated carbocycles. The highest BCUT2D eigenvalue weighted by Crippen LogP contribution is 2.21. The Hall–Kier alpha value is -3.06. The average Bonchev–Trinajstić information content (AvgIpc) is 3.11. The predicted octanol–water partition coefficient (Wildman–Crippen LogP) is 2.30. The molecule has 0 aliphatic rings. The Bertz CT molecular complexity index is 818. The Kier molecular flexibility index (Phi) is 4.62. The van der Waals surface area contributed by atoms with E-state index in [1.807, 2.05) is 49.4 Å². The van der Waals surface area contributed by atoms with Crippen molar-refractivity contribution in [2.45, 2.75) is 13.0 Å². The summed E-state index contributed by atoms with van der Waals surface area (Å²) in [6.07, 6.45) is 0.863. The van der Waals surface area contributed by atoms with Crippen LogP contribution in [-0.2, 0) is 9.53 Å². The minimum atomic E-state index is -0.661. The topological polar surface area (TPSA) is 81.9 Å². The van der Waals surface area contributed by atoms with Crippen LogP contribution < -0.4 is 5.32 Å². The third-order valence-electron chi connectivity index (χ3n) is 3.64. The minimum Gasteiger partial charge on any atom is -0.367 e. The fourth-order valence-electron chi connectivity index (χ4n) is 2.49. The number of rotatable bonds is 5. The van der Waals surface area contributed by atoms with Gasteiger partial charge in [0.05, 0.1) is 5.69 Å². The molecule has 3 rings (SSSR count). The van der Waals surface area contributed by atoms with Crippen LogP contribution in [0, 0.1) is 6.92 Å². The Morgan fingerprint density at radius 2 is 2.00 bits per heavy atom. The van der Waals surface area contributed by atoms with Crippen LogP contribution in [0.5, 0.6) is 0 Å². The summed E-state index contributed by atoms with van der Waals surface area (Å²) in [5.74, 6) is -0.224. The molecule has 0 unspecified atom stereocenters. The van der Waals surface area contributed by atoms with E-state index in [9.17, 15) is 4.79 Å². The van der Waals surface area contributed by atoms with E-state index in [0.717, 1.165) is 16.8 Å². The molecule has 1 heterocycles. The third kappa shape index (κ3) is 3.31. The standard InChI is InChI=1S/C17H17N5O2/c1-12-10-14(8-9-15(12)22-11-18-20-21-22)19-17(23)16(24-2)13-6-4-3-5-7-13/h3-11,16H,1-2H3,(H,19,23)/t16-/m1/s1. The van der Waals surface area contributed by atoms with Gasteiger partial charge in [-0.05, 0) is 46.7 Å². The molecule has 0 aliphatic carbocycles. The number of aromatic nitrogens is 4. The van der Waals surface area contributed by atoms with E-state index in [0.29, 0.717) is 5.69 Å². The first-order valence-electron chi connectivity index (χ1n) is 7.41. The lowest BCUT2D eigenvalue weighted by atomic mass is 10.1. The number of tetrazole rings is 1. The highest BCUT2D eigenvalue weighted by Gasteiger charge is 2.20. The van der Waals surface area contributed by atoms with Crippen molar-refractivity contribution in [1.82, 2.24) is 20.2 Å². The third-order valence-corrected chi connectivity index (χ3v) is 3.64. The van der Waals surface area contributed by atoms with Crippen LogP contribution in [-0.4, -0.2) is 33.2 Å². The largest absolute Gasteiger partial charge is 0.367 e. The van der Waals surface area contributed by atoms with E-state index in [2.05, 4.69) is 20.8 Å². The maximum Gasteiger partial charge on any atom is 0.258 e. The quantitative estimate of drug-likeness (QED) is 0.779. The smallest absolute Gasteiger partial charge is 0.258 e. The molecular formula is C17H17N5O2. The van der Waals surface area contributed by atoms with Gasteiger partial charge in [-0.25, -0.2) is 4.68 Å². The second-order valence-electron chi connectivity index (χ2n) is 5.27. The Morgan fingerprint density at radius 1 is 1.21 bits per heavy atom. The molecule has 0 bridgehead atoms. The normalized spacial score (nSPS) is 11.9. The molecule has 0 spiro atoms. The van der Waals surface area contributed by atoms with E-state index in [-0.39, 0.29) is 5.91 Å². The van der Waals surface area contributed by atoms with Crippen molar-refractivity contribution in [2.75, 3.05) is 12.4 Å². The first-order chi connectivity index (χ1) is 11.7. The van der Waals surface area contributed by atoms with E-state index in [1.54, 1.807) is 10.7 Å². The van der Waals surface area contributed by atoms with Gasteiger partial charge in [0.15, 0.2) is 6.10 Å². The number of nitrogens with zero attached hydrogens (tertiary/aromatic N) is 4. The lowest BCUT2D eigenvalue weighted by Gasteiger charge is -2.16. The number of hydrogen-bond acceptors (Lipinski definition) is 5. The number of hydrogen-bond donors (Lipinski definition) is 1. The van der Waals surface area contributed by atoms with Crippen LogP contribution in [0.2, 0.25) is 0 Å². The van der Waals surface area contributed by atoms with E-state index < -0.39 is 6.10 Å². The lowest BCUT2D eigenvalue weighted by molar-refractivity contribution is -0.126. The summed E-state index contributed by atoms with van der Waals surface area (Å²) in [7, 11) is 1.52. The SMILES string of the molecule is CO[C@@H](C(=O)Nc1ccc(-n2cnnn2)c(C)c1)c1ccccc1. The molecule has 0 radical (unpaired) electrons.